The van der Waals surface area contributed by atoms with Crippen molar-refractivity contribution in [2.45, 2.75) is 19.4 Å². The summed E-state index contributed by atoms with van der Waals surface area (Å²) < 4.78 is 10.5. The smallest absolute Gasteiger partial charge is 0.251 e. The molecule has 1 amide bonds. The number of amides is 1. The molecule has 1 unspecified atom stereocenters. The van der Waals surface area contributed by atoms with Crippen LogP contribution in [0.1, 0.15) is 23.7 Å². The third kappa shape index (κ3) is 2.83. The van der Waals surface area contributed by atoms with E-state index in [2.05, 4.69) is 11.9 Å². The Morgan fingerprint density at radius 2 is 2.22 bits per heavy atom. The van der Waals surface area contributed by atoms with Gasteiger partial charge in [0.1, 0.15) is 11.5 Å². The summed E-state index contributed by atoms with van der Waals surface area (Å²) >= 11 is 0. The van der Waals surface area contributed by atoms with Crippen molar-refractivity contribution >= 4 is 5.91 Å². The summed E-state index contributed by atoms with van der Waals surface area (Å²) in [5.74, 6) is 1.28. The molecule has 0 radical (unpaired) electrons. The van der Waals surface area contributed by atoms with Crippen LogP contribution in [0.4, 0.5) is 0 Å². The maximum atomic E-state index is 12.0. The van der Waals surface area contributed by atoms with Crippen molar-refractivity contribution < 1.29 is 14.3 Å². The molecule has 1 fully saturated rings. The van der Waals surface area contributed by atoms with Crippen LogP contribution in [-0.2, 0) is 4.74 Å². The molecular weight excluding hydrogens is 230 g/mol. The summed E-state index contributed by atoms with van der Waals surface area (Å²) in [6.07, 6.45) is 0.779. The first-order valence-corrected chi connectivity index (χ1v) is 6.06. The van der Waals surface area contributed by atoms with E-state index in [9.17, 15) is 4.79 Å². The number of hydrogen-bond donors (Lipinski definition) is 1. The molecule has 4 heteroatoms. The monoisotopic (exact) mass is 247 g/mol. The summed E-state index contributed by atoms with van der Waals surface area (Å²) in [6, 6.07) is 7.00. The summed E-state index contributed by atoms with van der Waals surface area (Å²) in [6.45, 7) is 6.92. The normalized spacial score (nSPS) is 18.3. The molecule has 1 aromatic carbocycles. The molecule has 96 valence electrons. The zero-order valence-corrected chi connectivity index (χ0v) is 10.4. The van der Waals surface area contributed by atoms with Gasteiger partial charge in [-0.15, -0.1) is 0 Å². The van der Waals surface area contributed by atoms with E-state index in [0.717, 1.165) is 12.2 Å². The van der Waals surface area contributed by atoms with Gasteiger partial charge in [-0.1, -0.05) is 6.58 Å². The van der Waals surface area contributed by atoms with Crippen LogP contribution < -0.4 is 10.1 Å². The van der Waals surface area contributed by atoms with Crippen molar-refractivity contribution in [3.63, 3.8) is 0 Å². The molecule has 1 saturated heterocycles. The zero-order chi connectivity index (χ0) is 13.0. The highest BCUT2D eigenvalue weighted by Crippen LogP contribution is 2.17. The fourth-order valence-electron chi connectivity index (χ4n) is 1.83. The first-order valence-electron chi connectivity index (χ1n) is 6.06. The van der Waals surface area contributed by atoms with Crippen LogP contribution in [-0.4, -0.2) is 25.2 Å². The van der Waals surface area contributed by atoms with Crippen molar-refractivity contribution in [1.82, 2.24) is 5.32 Å². The van der Waals surface area contributed by atoms with Crippen molar-refractivity contribution in [3.05, 3.63) is 42.2 Å². The van der Waals surface area contributed by atoms with Gasteiger partial charge in [-0.25, -0.2) is 0 Å². The second-order valence-corrected chi connectivity index (χ2v) is 4.09. The topological polar surface area (TPSA) is 47.6 Å². The van der Waals surface area contributed by atoms with E-state index in [4.69, 9.17) is 9.47 Å². The first-order chi connectivity index (χ1) is 8.70. The highest BCUT2D eigenvalue weighted by Gasteiger charge is 2.22. The highest BCUT2D eigenvalue weighted by atomic mass is 16.5. The molecule has 1 aromatic rings. The van der Waals surface area contributed by atoms with E-state index >= 15 is 0 Å². The average molecular weight is 247 g/mol. The van der Waals surface area contributed by atoms with Crippen LogP contribution in [0.3, 0.4) is 0 Å². The quantitative estimate of drug-likeness (QED) is 0.886. The Morgan fingerprint density at radius 1 is 1.50 bits per heavy atom. The Bertz CT molecular complexity index is 439. The van der Waals surface area contributed by atoms with E-state index in [-0.39, 0.29) is 11.9 Å². The predicted octanol–water partition coefficient (Wildman–Crippen LogP) is 2.12. The van der Waals surface area contributed by atoms with Crippen molar-refractivity contribution in [2.24, 2.45) is 0 Å². The molecule has 0 aliphatic carbocycles. The van der Waals surface area contributed by atoms with Gasteiger partial charge in [-0.05, 0) is 31.2 Å². The summed E-state index contributed by atoms with van der Waals surface area (Å²) in [5.41, 5.74) is 0.609. The Balaban J connectivity index is 1.98. The van der Waals surface area contributed by atoms with Crippen molar-refractivity contribution in [2.75, 3.05) is 13.2 Å². The second-order valence-electron chi connectivity index (χ2n) is 4.09. The van der Waals surface area contributed by atoms with Crippen LogP contribution >= 0.6 is 0 Å². The Kier molecular flexibility index (Phi) is 3.87. The summed E-state index contributed by atoms with van der Waals surface area (Å²) in [5, 5.41) is 2.89. The molecule has 1 heterocycles. The van der Waals surface area contributed by atoms with Crippen molar-refractivity contribution in [3.8, 4) is 5.75 Å². The molecule has 1 atom stereocenters. The van der Waals surface area contributed by atoms with Gasteiger partial charge in [0.25, 0.3) is 5.91 Å². The van der Waals surface area contributed by atoms with Crippen molar-refractivity contribution in [1.29, 1.82) is 0 Å². The fraction of sp³-hybridized carbons (Fsp3) is 0.357. The minimum absolute atomic E-state index is 0.0796. The molecule has 1 N–H and O–H groups in total. The number of ether oxygens (including phenoxy) is 2. The van der Waals surface area contributed by atoms with E-state index in [1.54, 1.807) is 24.3 Å². The molecule has 18 heavy (non-hydrogen) atoms. The summed E-state index contributed by atoms with van der Waals surface area (Å²) in [4.78, 5) is 12.0. The Morgan fingerprint density at radius 3 is 2.78 bits per heavy atom. The molecule has 0 bridgehead atoms. The number of hydrogen-bond acceptors (Lipinski definition) is 3. The molecule has 0 aromatic heterocycles. The van der Waals surface area contributed by atoms with E-state index < -0.39 is 0 Å². The lowest BCUT2D eigenvalue weighted by molar-refractivity contribution is 0.0941. The minimum Gasteiger partial charge on any atom is -0.496 e. The Hall–Kier alpha value is -1.97. The maximum absolute atomic E-state index is 12.0. The lowest BCUT2D eigenvalue weighted by Crippen LogP contribution is -2.33. The van der Waals surface area contributed by atoms with Crippen LogP contribution in [0.25, 0.3) is 0 Å². The standard InChI is InChI=1S/C14H17NO3/c1-3-17-12-6-4-11(5-7-12)14(16)15-13-8-9-18-10(13)2/h4-7,13H,2-3,8-9H2,1H3,(H,15,16). The molecule has 2 rings (SSSR count). The molecular formula is C14H17NO3. The largest absolute Gasteiger partial charge is 0.496 e. The third-order valence-corrected chi connectivity index (χ3v) is 2.82. The van der Waals surface area contributed by atoms with E-state index in [0.29, 0.717) is 24.5 Å². The van der Waals surface area contributed by atoms with Gasteiger partial charge in [0, 0.05) is 12.0 Å². The molecule has 1 aliphatic rings. The first kappa shape index (κ1) is 12.5. The molecule has 0 saturated carbocycles. The van der Waals surface area contributed by atoms with Gasteiger partial charge in [0.05, 0.1) is 19.3 Å². The van der Waals surface area contributed by atoms with Gasteiger partial charge >= 0.3 is 0 Å². The number of rotatable bonds is 4. The maximum Gasteiger partial charge on any atom is 0.251 e. The highest BCUT2D eigenvalue weighted by molar-refractivity contribution is 5.94. The number of benzene rings is 1. The lowest BCUT2D eigenvalue weighted by atomic mass is 10.1. The zero-order valence-electron chi connectivity index (χ0n) is 10.4. The van der Waals surface area contributed by atoms with Crippen LogP contribution in [0.5, 0.6) is 5.75 Å². The van der Waals surface area contributed by atoms with Crippen LogP contribution in [0.2, 0.25) is 0 Å². The van der Waals surface area contributed by atoms with Crippen LogP contribution in [0.15, 0.2) is 36.6 Å². The van der Waals surface area contributed by atoms with Gasteiger partial charge in [-0.2, -0.15) is 0 Å². The molecule has 4 nitrogen and oxygen atoms in total. The van der Waals surface area contributed by atoms with Gasteiger partial charge in [0.15, 0.2) is 0 Å². The van der Waals surface area contributed by atoms with Gasteiger partial charge in [0.2, 0.25) is 0 Å². The predicted molar refractivity (Wildman–Crippen MR) is 68.6 cm³/mol. The Labute approximate surface area is 107 Å². The van der Waals surface area contributed by atoms with Gasteiger partial charge < -0.3 is 14.8 Å². The van der Waals surface area contributed by atoms with Crippen LogP contribution in [0, 0.1) is 0 Å². The van der Waals surface area contributed by atoms with Gasteiger partial charge in [-0.3, -0.25) is 4.79 Å². The molecule has 1 aliphatic heterocycles. The number of carbonyl (C=O) groups excluding carboxylic acids is 1. The minimum atomic E-state index is -0.116. The third-order valence-electron chi connectivity index (χ3n) is 2.82. The fourth-order valence-corrected chi connectivity index (χ4v) is 1.83. The second kappa shape index (κ2) is 5.58. The SMILES string of the molecule is C=C1OCCC1NC(=O)c1ccc(OCC)cc1. The van der Waals surface area contributed by atoms with E-state index in [1.165, 1.54) is 0 Å². The lowest BCUT2D eigenvalue weighted by Gasteiger charge is -2.12. The molecule has 0 spiro atoms. The summed E-state index contributed by atoms with van der Waals surface area (Å²) in [7, 11) is 0. The average Bonchev–Trinajstić information content (AvgIpc) is 2.76. The van der Waals surface area contributed by atoms with E-state index in [1.807, 2.05) is 6.92 Å². The number of carbonyl (C=O) groups is 1. The number of nitrogens with one attached hydrogen (secondary N) is 1.